The monoisotopic (exact) mass is 424 g/mol. The molecule has 1 atom stereocenters. The molecular weight excluding hydrogens is 400 g/mol. The average Bonchev–Trinajstić information content (AvgIpc) is 2.81. The number of aromatic hydroxyl groups is 1. The van der Waals surface area contributed by atoms with Gasteiger partial charge >= 0.3 is 0 Å². The van der Waals surface area contributed by atoms with E-state index >= 15 is 0 Å². The molecule has 32 heavy (non-hydrogen) atoms. The highest BCUT2D eigenvalue weighted by Crippen LogP contribution is 2.32. The van der Waals surface area contributed by atoms with Crippen LogP contribution in [0.5, 0.6) is 5.75 Å². The van der Waals surface area contributed by atoms with Gasteiger partial charge in [-0.1, -0.05) is 30.8 Å². The number of aryl methyl sites for hydroxylation is 1. The Bertz CT molecular complexity index is 1410. The van der Waals surface area contributed by atoms with Crippen LogP contribution in [0.2, 0.25) is 0 Å². The lowest BCUT2D eigenvalue weighted by atomic mass is 9.97. The minimum Gasteiger partial charge on any atom is -0.508 e. The molecule has 0 bridgehead atoms. The first-order valence-electron chi connectivity index (χ1n) is 10.6. The van der Waals surface area contributed by atoms with Gasteiger partial charge in [0, 0.05) is 17.9 Å². The van der Waals surface area contributed by atoms with Crippen molar-refractivity contribution < 1.29 is 5.11 Å². The normalized spacial score (nSPS) is 15.1. The zero-order valence-electron chi connectivity index (χ0n) is 17.8. The Morgan fingerprint density at radius 2 is 2.03 bits per heavy atom. The second-order valence-electron chi connectivity index (χ2n) is 8.08. The summed E-state index contributed by atoms with van der Waals surface area (Å²) in [4.78, 5) is 18.3. The van der Waals surface area contributed by atoms with Gasteiger partial charge in [-0.2, -0.15) is 0 Å². The summed E-state index contributed by atoms with van der Waals surface area (Å²) >= 11 is 0. The van der Waals surface area contributed by atoms with Gasteiger partial charge in [-0.25, -0.2) is 4.98 Å². The molecule has 0 aliphatic carbocycles. The molecule has 0 radical (unpaired) electrons. The van der Waals surface area contributed by atoms with E-state index in [9.17, 15) is 9.90 Å². The van der Waals surface area contributed by atoms with Crippen LogP contribution in [0.4, 0.5) is 11.4 Å². The highest BCUT2D eigenvalue weighted by atomic mass is 16.3. The largest absolute Gasteiger partial charge is 0.508 e. The van der Waals surface area contributed by atoms with Crippen molar-refractivity contribution in [2.75, 3.05) is 17.2 Å². The summed E-state index contributed by atoms with van der Waals surface area (Å²) in [6.07, 6.45) is 2.46. The van der Waals surface area contributed by atoms with Gasteiger partial charge in [0.2, 0.25) is 0 Å². The highest BCUT2D eigenvalue weighted by Gasteiger charge is 2.23. The van der Waals surface area contributed by atoms with E-state index in [1.807, 2.05) is 49.4 Å². The van der Waals surface area contributed by atoms with Crippen LogP contribution in [-0.2, 0) is 0 Å². The van der Waals surface area contributed by atoms with Crippen LogP contribution in [0.15, 0.2) is 78.4 Å². The van der Waals surface area contributed by atoms with Gasteiger partial charge < -0.3 is 15.7 Å². The first-order valence-corrected chi connectivity index (χ1v) is 10.6. The molecule has 1 aliphatic rings. The van der Waals surface area contributed by atoms with Crippen LogP contribution in [-0.4, -0.2) is 21.2 Å². The number of fused-ring (bicyclic) bond motifs is 2. The molecule has 0 saturated carbocycles. The molecule has 0 amide bonds. The number of phenols is 1. The molecule has 0 saturated heterocycles. The second kappa shape index (κ2) is 7.89. The van der Waals surface area contributed by atoms with Crippen LogP contribution >= 0.6 is 0 Å². The predicted molar refractivity (Wildman–Crippen MR) is 129 cm³/mol. The zero-order chi connectivity index (χ0) is 22.2. The number of nitrogens with one attached hydrogen (secondary N) is 2. The van der Waals surface area contributed by atoms with Crippen LogP contribution < -0.4 is 16.2 Å². The topological polar surface area (TPSA) is 79.2 Å². The van der Waals surface area contributed by atoms with Gasteiger partial charge in [0.1, 0.15) is 5.75 Å². The lowest BCUT2D eigenvalue weighted by Gasteiger charge is -2.28. The lowest BCUT2D eigenvalue weighted by Crippen LogP contribution is -2.30. The van der Waals surface area contributed by atoms with Crippen molar-refractivity contribution in [1.82, 2.24) is 9.55 Å². The molecule has 0 fully saturated rings. The van der Waals surface area contributed by atoms with Crippen LogP contribution in [0.1, 0.15) is 29.2 Å². The summed E-state index contributed by atoms with van der Waals surface area (Å²) in [5.41, 5.74) is 5.60. The maximum Gasteiger partial charge on any atom is 0.263 e. The molecule has 4 aromatic rings. The van der Waals surface area contributed by atoms with Crippen molar-refractivity contribution >= 4 is 28.0 Å². The standard InChI is InChI=1S/C26H24N4O2/c1-16-14-18(10-11-24(16)31)17(2)29-22-9-5-8-21-25(22)26(32)30(15-28-21)23-12-13-27-20-7-4-3-6-19(20)23/h3-11,14-15,23,27,29,31H,2,12-13H2,1H3. The Labute approximate surface area is 185 Å². The fraction of sp³-hybridized carbons (Fsp3) is 0.154. The minimum absolute atomic E-state index is 0.0761. The van der Waals surface area contributed by atoms with Crippen molar-refractivity contribution in [3.8, 4) is 5.75 Å². The number of nitrogens with zero attached hydrogens (tertiary/aromatic N) is 2. The number of rotatable bonds is 4. The number of para-hydroxylation sites is 1. The van der Waals surface area contributed by atoms with Crippen molar-refractivity contribution in [2.24, 2.45) is 0 Å². The summed E-state index contributed by atoms with van der Waals surface area (Å²) in [7, 11) is 0. The van der Waals surface area contributed by atoms with Gasteiger partial charge in [-0.3, -0.25) is 9.36 Å². The Balaban J connectivity index is 1.58. The van der Waals surface area contributed by atoms with Gasteiger partial charge in [0.25, 0.3) is 5.56 Å². The van der Waals surface area contributed by atoms with E-state index in [4.69, 9.17) is 0 Å². The number of aromatic nitrogens is 2. The van der Waals surface area contributed by atoms with E-state index in [0.29, 0.717) is 22.3 Å². The Hall–Kier alpha value is -4.06. The van der Waals surface area contributed by atoms with Crippen LogP contribution in [0.3, 0.4) is 0 Å². The SMILES string of the molecule is C=C(Nc1cccc2ncn(C3CCNc4ccccc43)c(=O)c12)c1ccc(O)c(C)c1. The number of hydrogen-bond acceptors (Lipinski definition) is 5. The van der Waals surface area contributed by atoms with E-state index < -0.39 is 0 Å². The van der Waals surface area contributed by atoms with Gasteiger partial charge in [-0.05, 0) is 66.4 Å². The number of anilines is 2. The maximum atomic E-state index is 13.7. The average molecular weight is 425 g/mol. The number of hydrogen-bond donors (Lipinski definition) is 3. The smallest absolute Gasteiger partial charge is 0.263 e. The van der Waals surface area contributed by atoms with Gasteiger partial charge in [-0.15, -0.1) is 0 Å². The molecule has 1 unspecified atom stereocenters. The number of phenolic OH excluding ortho intramolecular Hbond substituents is 1. The van der Waals surface area contributed by atoms with Crippen molar-refractivity contribution in [1.29, 1.82) is 0 Å². The Kier molecular flexibility index (Phi) is 4.90. The van der Waals surface area contributed by atoms with Gasteiger partial charge in [0.15, 0.2) is 0 Å². The number of benzene rings is 3. The summed E-state index contributed by atoms with van der Waals surface area (Å²) in [6.45, 7) is 6.77. The molecule has 5 rings (SSSR count). The molecule has 0 spiro atoms. The van der Waals surface area contributed by atoms with Gasteiger partial charge in [0.05, 0.1) is 29.0 Å². The molecule has 1 aliphatic heterocycles. The molecule has 2 heterocycles. The summed E-state index contributed by atoms with van der Waals surface area (Å²) in [5, 5.41) is 17.0. The van der Waals surface area contributed by atoms with Crippen molar-refractivity contribution in [2.45, 2.75) is 19.4 Å². The van der Waals surface area contributed by atoms with E-state index in [0.717, 1.165) is 35.3 Å². The molecule has 3 N–H and O–H groups in total. The third-order valence-electron chi connectivity index (χ3n) is 6.03. The summed E-state index contributed by atoms with van der Waals surface area (Å²) in [5.74, 6) is 0.237. The minimum atomic E-state index is -0.0884. The van der Waals surface area contributed by atoms with E-state index in [1.165, 1.54) is 0 Å². The predicted octanol–water partition coefficient (Wildman–Crippen LogP) is 4.90. The van der Waals surface area contributed by atoms with E-state index in [2.05, 4.69) is 28.3 Å². The molecule has 6 nitrogen and oxygen atoms in total. The molecule has 6 heteroatoms. The molecule has 1 aromatic heterocycles. The third kappa shape index (κ3) is 3.39. The van der Waals surface area contributed by atoms with Crippen LogP contribution in [0, 0.1) is 6.92 Å². The first-order chi connectivity index (χ1) is 15.5. The molecular formula is C26H24N4O2. The first kappa shape index (κ1) is 19.9. The van der Waals surface area contributed by atoms with E-state index in [-0.39, 0.29) is 17.4 Å². The quantitative estimate of drug-likeness (QED) is 0.434. The molecule has 3 aromatic carbocycles. The van der Waals surface area contributed by atoms with Crippen molar-refractivity contribution in [3.63, 3.8) is 0 Å². The lowest BCUT2D eigenvalue weighted by molar-refractivity contribution is 0.471. The Morgan fingerprint density at radius 1 is 1.19 bits per heavy atom. The van der Waals surface area contributed by atoms with Crippen LogP contribution in [0.25, 0.3) is 16.6 Å². The Morgan fingerprint density at radius 3 is 2.88 bits per heavy atom. The highest BCUT2D eigenvalue weighted by molar-refractivity contribution is 5.94. The third-order valence-corrected chi connectivity index (χ3v) is 6.03. The maximum absolute atomic E-state index is 13.7. The summed E-state index contributed by atoms with van der Waals surface area (Å²) < 4.78 is 1.74. The summed E-state index contributed by atoms with van der Waals surface area (Å²) in [6, 6.07) is 18.9. The van der Waals surface area contributed by atoms with E-state index in [1.54, 1.807) is 23.0 Å². The fourth-order valence-electron chi connectivity index (χ4n) is 4.32. The second-order valence-corrected chi connectivity index (χ2v) is 8.08. The zero-order valence-corrected chi connectivity index (χ0v) is 17.8. The van der Waals surface area contributed by atoms with Crippen molar-refractivity contribution in [3.05, 3.63) is 101 Å². The molecule has 160 valence electrons. The fourth-order valence-corrected chi connectivity index (χ4v) is 4.32.